The van der Waals surface area contributed by atoms with Crippen LogP contribution in [-0.2, 0) is 11.2 Å². The van der Waals surface area contributed by atoms with E-state index in [4.69, 9.17) is 4.74 Å². The zero-order chi connectivity index (χ0) is 24.2. The van der Waals surface area contributed by atoms with Gasteiger partial charge in [-0.05, 0) is 68.0 Å². The van der Waals surface area contributed by atoms with Crippen molar-refractivity contribution in [3.63, 3.8) is 0 Å². The van der Waals surface area contributed by atoms with Crippen molar-refractivity contribution in [2.24, 2.45) is 0 Å². The predicted molar refractivity (Wildman–Crippen MR) is 132 cm³/mol. The van der Waals surface area contributed by atoms with Gasteiger partial charge < -0.3 is 14.5 Å². The fourth-order valence-electron chi connectivity index (χ4n) is 4.28. The van der Waals surface area contributed by atoms with E-state index in [1.165, 1.54) is 21.9 Å². The highest BCUT2D eigenvalue weighted by molar-refractivity contribution is 7.10. The number of ether oxygens (including phenoxy) is 1. The van der Waals surface area contributed by atoms with E-state index in [1.807, 2.05) is 50.4 Å². The predicted octanol–water partition coefficient (Wildman–Crippen LogP) is 5.25. The molecule has 1 aliphatic heterocycles. The van der Waals surface area contributed by atoms with E-state index < -0.39 is 11.7 Å². The van der Waals surface area contributed by atoms with E-state index >= 15 is 0 Å². The molecule has 0 saturated carbocycles. The number of thiophene rings is 1. The Labute approximate surface area is 203 Å². The maximum Gasteiger partial charge on any atom is 0.257 e. The van der Waals surface area contributed by atoms with Gasteiger partial charge in [-0.25, -0.2) is 4.39 Å². The molecule has 1 atom stereocenters. The van der Waals surface area contributed by atoms with Gasteiger partial charge in [0.1, 0.15) is 24.7 Å². The first-order chi connectivity index (χ1) is 16.4. The van der Waals surface area contributed by atoms with Gasteiger partial charge in [-0.3, -0.25) is 9.59 Å². The molecule has 3 aromatic rings. The molecule has 0 N–H and O–H groups in total. The summed E-state index contributed by atoms with van der Waals surface area (Å²) < 4.78 is 20.4. The van der Waals surface area contributed by atoms with Gasteiger partial charge in [-0.15, -0.1) is 11.3 Å². The first-order valence-electron chi connectivity index (χ1n) is 11.5. The van der Waals surface area contributed by atoms with Crippen LogP contribution in [0.15, 0.2) is 60.0 Å². The Morgan fingerprint density at radius 2 is 1.88 bits per heavy atom. The Bertz CT molecular complexity index is 1180. The molecule has 1 aliphatic rings. The summed E-state index contributed by atoms with van der Waals surface area (Å²) in [6.45, 7) is 6.41. The molecule has 5 nitrogen and oxygen atoms in total. The van der Waals surface area contributed by atoms with E-state index in [2.05, 4.69) is 6.07 Å². The first kappa shape index (κ1) is 24.0. The van der Waals surface area contributed by atoms with Crippen molar-refractivity contribution in [2.75, 3.05) is 19.7 Å². The average molecular weight is 481 g/mol. The number of hydrogen-bond acceptors (Lipinski definition) is 4. The summed E-state index contributed by atoms with van der Waals surface area (Å²) in [5.74, 6) is -0.456. The second-order valence-electron chi connectivity index (χ2n) is 8.74. The zero-order valence-corrected chi connectivity index (χ0v) is 20.5. The highest BCUT2D eigenvalue weighted by Gasteiger charge is 2.34. The molecule has 0 saturated heterocycles. The number of aryl methyl sites for hydroxylation is 1. The molecule has 0 unspecified atom stereocenters. The maximum absolute atomic E-state index is 14.3. The number of benzene rings is 2. The second-order valence-corrected chi connectivity index (χ2v) is 9.74. The number of carbonyl (C=O) groups excluding carboxylic acids is 2. The third-order valence-electron chi connectivity index (χ3n) is 6.20. The van der Waals surface area contributed by atoms with Crippen molar-refractivity contribution in [2.45, 2.75) is 39.3 Å². The smallest absolute Gasteiger partial charge is 0.257 e. The van der Waals surface area contributed by atoms with Crippen molar-refractivity contribution in [1.29, 1.82) is 0 Å². The second kappa shape index (κ2) is 10.4. The van der Waals surface area contributed by atoms with Crippen LogP contribution in [0, 0.1) is 12.7 Å². The summed E-state index contributed by atoms with van der Waals surface area (Å²) in [5, 5.41) is 2.04. The van der Waals surface area contributed by atoms with Crippen LogP contribution >= 0.6 is 11.3 Å². The van der Waals surface area contributed by atoms with Gasteiger partial charge in [0.15, 0.2) is 0 Å². The van der Waals surface area contributed by atoms with E-state index in [0.29, 0.717) is 13.2 Å². The van der Waals surface area contributed by atoms with Crippen LogP contribution in [0.3, 0.4) is 0 Å². The van der Waals surface area contributed by atoms with Gasteiger partial charge >= 0.3 is 0 Å². The molecule has 7 heteroatoms. The van der Waals surface area contributed by atoms with Crippen molar-refractivity contribution < 1.29 is 18.7 Å². The van der Waals surface area contributed by atoms with Crippen molar-refractivity contribution in [1.82, 2.24) is 9.80 Å². The van der Waals surface area contributed by atoms with Gasteiger partial charge in [-0.2, -0.15) is 0 Å². The van der Waals surface area contributed by atoms with Crippen LogP contribution in [0.4, 0.5) is 4.39 Å². The van der Waals surface area contributed by atoms with Gasteiger partial charge in [0.05, 0.1) is 11.6 Å². The van der Waals surface area contributed by atoms with Crippen LogP contribution in [0.5, 0.6) is 5.75 Å². The quantitative estimate of drug-likeness (QED) is 0.464. The molecule has 0 spiro atoms. The molecule has 2 heterocycles. The minimum Gasteiger partial charge on any atom is -0.491 e. The lowest BCUT2D eigenvalue weighted by atomic mass is 10.00. The van der Waals surface area contributed by atoms with Crippen molar-refractivity contribution in [3.05, 3.63) is 87.4 Å². The number of rotatable bonds is 7. The number of carbonyl (C=O) groups is 2. The third kappa shape index (κ3) is 4.99. The lowest BCUT2D eigenvalue weighted by Gasteiger charge is -2.37. The van der Waals surface area contributed by atoms with E-state index in [1.54, 1.807) is 28.4 Å². The largest absolute Gasteiger partial charge is 0.491 e. The van der Waals surface area contributed by atoms with E-state index in [-0.39, 0.29) is 30.1 Å². The molecule has 178 valence electrons. The number of halogens is 1. The molecule has 0 aliphatic carbocycles. The van der Waals surface area contributed by atoms with Crippen LogP contribution < -0.4 is 4.74 Å². The normalized spacial score (nSPS) is 15.2. The number of fused-ring (bicyclic) bond motifs is 1. The van der Waals surface area contributed by atoms with Crippen LogP contribution in [0.1, 0.15) is 46.3 Å². The van der Waals surface area contributed by atoms with Crippen LogP contribution in [0.2, 0.25) is 0 Å². The Morgan fingerprint density at radius 3 is 2.62 bits per heavy atom. The molecule has 0 bridgehead atoms. The summed E-state index contributed by atoms with van der Waals surface area (Å²) in [5.41, 5.74) is 2.10. The van der Waals surface area contributed by atoms with E-state index in [0.717, 1.165) is 23.3 Å². The zero-order valence-electron chi connectivity index (χ0n) is 19.7. The Morgan fingerprint density at radius 1 is 1.15 bits per heavy atom. The monoisotopic (exact) mass is 480 g/mol. The standard InChI is InChI=1S/C27H29FN2O3S/c1-18(2)30(27(32)20-9-5-6-10-22(20)28)16-26(31)29-14-12-25-21(13-15-34-25)23(29)17-33-24-11-7-4-8-19(24)3/h4-11,13,15,18,23H,12,14,16-17H2,1-3H3/t23-/m1/s1. The summed E-state index contributed by atoms with van der Waals surface area (Å²) in [6.07, 6.45) is 0.766. The maximum atomic E-state index is 14.3. The van der Waals surface area contributed by atoms with Crippen molar-refractivity contribution in [3.8, 4) is 5.75 Å². The minimum absolute atomic E-state index is 0.0257. The lowest BCUT2D eigenvalue weighted by molar-refractivity contribution is -0.136. The molecule has 4 rings (SSSR count). The highest BCUT2D eigenvalue weighted by atomic mass is 32.1. The molecule has 1 aromatic heterocycles. The summed E-state index contributed by atoms with van der Waals surface area (Å²) in [6, 6.07) is 15.2. The minimum atomic E-state index is -0.587. The molecular weight excluding hydrogens is 451 g/mol. The molecule has 2 aromatic carbocycles. The average Bonchev–Trinajstić information content (AvgIpc) is 3.30. The van der Waals surface area contributed by atoms with Crippen molar-refractivity contribution >= 4 is 23.2 Å². The summed E-state index contributed by atoms with van der Waals surface area (Å²) >= 11 is 1.69. The van der Waals surface area contributed by atoms with Gasteiger partial charge in [-0.1, -0.05) is 30.3 Å². The Balaban J connectivity index is 1.55. The fraction of sp³-hybridized carbons (Fsp3) is 0.333. The summed E-state index contributed by atoms with van der Waals surface area (Å²) in [4.78, 5) is 31.1. The molecular formula is C27H29FN2O3S. The summed E-state index contributed by atoms with van der Waals surface area (Å²) in [7, 11) is 0. The Hall–Kier alpha value is -3.19. The SMILES string of the molecule is Cc1ccccc1OC[C@@H]1c2ccsc2CCN1C(=O)CN(C(=O)c1ccccc1F)C(C)C. The van der Waals surface area contributed by atoms with Crippen LogP contribution in [-0.4, -0.2) is 47.4 Å². The van der Waals surface area contributed by atoms with Gasteiger partial charge in [0.25, 0.3) is 5.91 Å². The van der Waals surface area contributed by atoms with Gasteiger partial charge in [0.2, 0.25) is 5.91 Å². The number of amides is 2. The molecule has 34 heavy (non-hydrogen) atoms. The van der Waals surface area contributed by atoms with Crippen LogP contribution in [0.25, 0.3) is 0 Å². The lowest BCUT2D eigenvalue weighted by Crippen LogP contribution is -2.49. The third-order valence-corrected chi connectivity index (χ3v) is 7.20. The first-order valence-corrected chi connectivity index (χ1v) is 12.3. The number of nitrogens with zero attached hydrogens (tertiary/aromatic N) is 2. The molecule has 0 fully saturated rings. The topological polar surface area (TPSA) is 49.9 Å². The number of hydrogen-bond donors (Lipinski definition) is 0. The Kier molecular flexibility index (Phi) is 7.32. The highest BCUT2D eigenvalue weighted by Crippen LogP contribution is 2.34. The van der Waals surface area contributed by atoms with Gasteiger partial charge in [0, 0.05) is 17.5 Å². The van der Waals surface area contributed by atoms with E-state index in [9.17, 15) is 14.0 Å². The number of para-hydroxylation sites is 1. The molecule has 2 amide bonds. The fourth-order valence-corrected chi connectivity index (χ4v) is 5.20. The molecule has 0 radical (unpaired) electrons.